The fourth-order valence-corrected chi connectivity index (χ4v) is 4.29. The maximum Gasteiger partial charge on any atom is 0.275 e. The van der Waals surface area contributed by atoms with E-state index in [0.29, 0.717) is 17.8 Å². The molecule has 0 aliphatic heterocycles. The lowest BCUT2D eigenvalue weighted by Gasteiger charge is -2.17. The van der Waals surface area contributed by atoms with Crippen molar-refractivity contribution in [3.63, 3.8) is 0 Å². The van der Waals surface area contributed by atoms with Crippen LogP contribution in [0.4, 0.5) is 0 Å². The van der Waals surface area contributed by atoms with E-state index in [1.807, 2.05) is 0 Å². The van der Waals surface area contributed by atoms with Crippen LogP contribution in [-0.4, -0.2) is 46.0 Å². The number of benzene rings is 3. The molecule has 0 saturated heterocycles. The lowest BCUT2D eigenvalue weighted by Crippen LogP contribution is -2.35. The van der Waals surface area contributed by atoms with Gasteiger partial charge in [0.05, 0.1) is 25.6 Å². The molecule has 0 fully saturated rings. The van der Waals surface area contributed by atoms with Crippen molar-refractivity contribution in [1.82, 2.24) is 14.5 Å². The number of phenols is 1. The normalized spacial score (nSPS) is 10.6. The van der Waals surface area contributed by atoms with Gasteiger partial charge in [-0.15, -0.1) is 0 Å². The van der Waals surface area contributed by atoms with Gasteiger partial charge in [0.15, 0.2) is 21.8 Å². The number of phenolic OH excluding ortho intramolecular Hbond substituents is 1. The highest BCUT2D eigenvalue weighted by atomic mass is 32.1. The predicted octanol–water partition coefficient (Wildman–Crippen LogP) is 3.76. The zero-order chi connectivity index (χ0) is 26.5. The molecule has 0 bridgehead atoms. The van der Waals surface area contributed by atoms with Gasteiger partial charge < -0.3 is 25.0 Å². The van der Waals surface area contributed by atoms with Gasteiger partial charge in [0.1, 0.15) is 0 Å². The van der Waals surface area contributed by atoms with E-state index in [1.165, 1.54) is 23.4 Å². The summed E-state index contributed by atoms with van der Waals surface area (Å²) in [5, 5.41) is 23.9. The van der Waals surface area contributed by atoms with Crippen LogP contribution in [0.15, 0.2) is 77.6 Å². The van der Waals surface area contributed by atoms with Crippen molar-refractivity contribution in [2.75, 3.05) is 20.8 Å². The number of rotatable bonds is 8. The van der Waals surface area contributed by atoms with Gasteiger partial charge in [0.25, 0.3) is 11.5 Å². The zero-order valence-corrected chi connectivity index (χ0v) is 21.0. The molecule has 0 unspecified atom stereocenters. The number of ether oxygens (including phenoxy) is 2. The molecule has 37 heavy (non-hydrogen) atoms. The van der Waals surface area contributed by atoms with Crippen LogP contribution in [0, 0.1) is 4.77 Å². The highest BCUT2D eigenvalue weighted by molar-refractivity contribution is 7.71. The molecule has 9 nitrogen and oxygen atoms in total. The van der Waals surface area contributed by atoms with Gasteiger partial charge in [-0.1, -0.05) is 36.4 Å². The van der Waals surface area contributed by atoms with Crippen LogP contribution >= 0.6 is 12.2 Å². The second-order valence-electron chi connectivity index (χ2n) is 7.98. The molecular formula is C27H25N3O6S. The third-order valence-electron chi connectivity index (χ3n) is 5.73. The van der Waals surface area contributed by atoms with E-state index in [4.69, 9.17) is 21.7 Å². The molecule has 1 amide bonds. The lowest BCUT2D eigenvalue weighted by molar-refractivity contribution is 0.0948. The minimum Gasteiger partial charge on any atom is -0.502 e. The van der Waals surface area contributed by atoms with Crippen LogP contribution in [0.2, 0.25) is 0 Å². The minimum atomic E-state index is -0.760. The Labute approximate surface area is 217 Å². The maximum atomic E-state index is 13.5. The first-order chi connectivity index (χ1) is 17.9. The topological polar surface area (TPSA) is 115 Å². The molecule has 0 radical (unpaired) electrons. The summed E-state index contributed by atoms with van der Waals surface area (Å²) in [6.45, 7) is 0.126. The average Bonchev–Trinajstić information content (AvgIpc) is 2.90. The quantitative estimate of drug-likeness (QED) is 0.304. The smallest absolute Gasteiger partial charge is 0.275 e. The molecule has 4 rings (SSSR count). The molecule has 0 saturated carbocycles. The van der Waals surface area contributed by atoms with Gasteiger partial charge in [-0.05, 0) is 60.6 Å². The van der Waals surface area contributed by atoms with Crippen LogP contribution in [-0.2, 0) is 6.42 Å². The van der Waals surface area contributed by atoms with Gasteiger partial charge in [-0.25, -0.2) is 0 Å². The SMILES string of the molecule is COc1cc(CCNC(=O)c2c(O)n(-c3ccccc3)c(=S)n(-c3ccccc3)c2=O)cc(OC)c1O. The summed E-state index contributed by atoms with van der Waals surface area (Å²) in [4.78, 5) is 26.7. The molecule has 0 spiro atoms. The summed E-state index contributed by atoms with van der Waals surface area (Å²) in [7, 11) is 2.84. The van der Waals surface area contributed by atoms with E-state index >= 15 is 0 Å². The predicted molar refractivity (Wildman–Crippen MR) is 141 cm³/mol. The number of aromatic hydroxyl groups is 2. The second kappa shape index (κ2) is 11.0. The Balaban J connectivity index is 1.72. The highest BCUT2D eigenvalue weighted by Crippen LogP contribution is 2.37. The summed E-state index contributed by atoms with van der Waals surface area (Å²) in [5.74, 6) is -0.981. The standard InChI is InChI=1S/C27H25N3O6S/c1-35-20-15-17(16-21(36-2)23(20)31)13-14-28-24(32)22-25(33)29(18-9-5-3-6-10-18)27(37)30(26(22)34)19-11-7-4-8-12-19/h3-12,15-16,31,33H,13-14H2,1-2H3,(H,28,32). The Morgan fingerprint density at radius 2 is 1.41 bits per heavy atom. The number of nitrogens with one attached hydrogen (secondary N) is 1. The lowest BCUT2D eigenvalue weighted by atomic mass is 10.1. The Bertz CT molecular complexity index is 1520. The summed E-state index contributed by atoms with van der Waals surface area (Å²) in [5.41, 5.74) is 0.484. The third kappa shape index (κ3) is 5.05. The average molecular weight is 520 g/mol. The van der Waals surface area contributed by atoms with E-state index in [0.717, 1.165) is 5.56 Å². The number of aromatic nitrogens is 2. The molecule has 3 aromatic carbocycles. The molecule has 3 N–H and O–H groups in total. The third-order valence-corrected chi connectivity index (χ3v) is 6.09. The fraction of sp³-hybridized carbons (Fsp3) is 0.148. The van der Waals surface area contributed by atoms with Crippen LogP contribution in [0.1, 0.15) is 15.9 Å². The van der Waals surface area contributed by atoms with Gasteiger partial charge in [0, 0.05) is 6.54 Å². The van der Waals surface area contributed by atoms with Crippen LogP contribution in [0.25, 0.3) is 11.4 Å². The van der Waals surface area contributed by atoms with Crippen LogP contribution in [0.3, 0.4) is 0 Å². The van der Waals surface area contributed by atoms with E-state index in [2.05, 4.69) is 5.32 Å². The van der Waals surface area contributed by atoms with Gasteiger partial charge in [-0.2, -0.15) is 0 Å². The highest BCUT2D eigenvalue weighted by Gasteiger charge is 2.24. The fourth-order valence-electron chi connectivity index (χ4n) is 3.91. The first-order valence-corrected chi connectivity index (χ1v) is 11.7. The molecular weight excluding hydrogens is 494 g/mol. The number of carbonyl (C=O) groups is 1. The molecule has 190 valence electrons. The van der Waals surface area contributed by atoms with Crippen LogP contribution in [0.5, 0.6) is 23.1 Å². The van der Waals surface area contributed by atoms with Gasteiger partial charge >= 0.3 is 0 Å². The summed E-state index contributed by atoms with van der Waals surface area (Å²) < 4.78 is 12.9. The number of methoxy groups -OCH3 is 2. The first kappa shape index (κ1) is 25.5. The van der Waals surface area contributed by atoms with Crippen molar-refractivity contribution in [2.45, 2.75) is 6.42 Å². The van der Waals surface area contributed by atoms with E-state index in [1.54, 1.807) is 72.8 Å². The largest absolute Gasteiger partial charge is 0.502 e. The van der Waals surface area contributed by atoms with E-state index < -0.39 is 22.9 Å². The summed E-state index contributed by atoms with van der Waals surface area (Å²) in [6.07, 6.45) is 0.337. The van der Waals surface area contributed by atoms with Crippen LogP contribution < -0.4 is 20.3 Å². The molecule has 4 aromatic rings. The molecule has 1 aromatic heterocycles. The van der Waals surface area contributed by atoms with Crippen molar-refractivity contribution in [1.29, 1.82) is 0 Å². The number of hydrogen-bond acceptors (Lipinski definition) is 7. The van der Waals surface area contributed by atoms with Crippen molar-refractivity contribution in [3.8, 4) is 34.5 Å². The zero-order valence-electron chi connectivity index (χ0n) is 20.2. The second-order valence-corrected chi connectivity index (χ2v) is 8.35. The molecule has 0 aliphatic carbocycles. The number of amides is 1. The Morgan fingerprint density at radius 3 is 1.92 bits per heavy atom. The molecule has 0 atom stereocenters. The molecule has 0 aliphatic rings. The van der Waals surface area contributed by atoms with Crippen molar-refractivity contribution in [2.24, 2.45) is 0 Å². The maximum absolute atomic E-state index is 13.5. The monoisotopic (exact) mass is 519 g/mol. The molecule has 10 heteroatoms. The van der Waals surface area contributed by atoms with Gasteiger partial charge in [0.2, 0.25) is 11.6 Å². The minimum absolute atomic E-state index is 0.0136. The number of hydrogen-bond donors (Lipinski definition) is 3. The van der Waals surface area contributed by atoms with Crippen molar-refractivity contribution in [3.05, 3.63) is 99.0 Å². The Kier molecular flexibility index (Phi) is 7.59. The molecule has 1 heterocycles. The number of carbonyl (C=O) groups excluding carboxylic acids is 1. The van der Waals surface area contributed by atoms with Gasteiger partial charge in [-0.3, -0.25) is 18.7 Å². The number of para-hydroxylation sites is 2. The Hall–Kier alpha value is -4.57. The summed E-state index contributed by atoms with van der Waals surface area (Å²) >= 11 is 5.58. The van der Waals surface area contributed by atoms with Crippen molar-refractivity contribution < 1.29 is 24.5 Å². The van der Waals surface area contributed by atoms with E-state index in [9.17, 15) is 19.8 Å². The van der Waals surface area contributed by atoms with E-state index in [-0.39, 0.29) is 28.6 Å². The Morgan fingerprint density at radius 1 is 0.892 bits per heavy atom. The summed E-state index contributed by atoms with van der Waals surface area (Å²) in [6, 6.07) is 20.7. The van der Waals surface area contributed by atoms with Crippen molar-refractivity contribution >= 4 is 18.1 Å². The first-order valence-electron chi connectivity index (χ1n) is 11.3. The number of nitrogens with zero attached hydrogens (tertiary/aromatic N) is 2.